The highest BCUT2D eigenvalue weighted by molar-refractivity contribution is 6.52. The van der Waals surface area contributed by atoms with Crippen LogP contribution in [-0.2, 0) is 7.05 Å². The zero-order chi connectivity index (χ0) is 17.3. The Morgan fingerprint density at radius 1 is 1.38 bits per heavy atom. The Morgan fingerprint density at radius 3 is 2.79 bits per heavy atom. The molecule has 0 fully saturated rings. The molecule has 1 aromatic carbocycles. The quantitative estimate of drug-likeness (QED) is 0.642. The predicted molar refractivity (Wildman–Crippen MR) is 88.1 cm³/mol. The van der Waals surface area contributed by atoms with E-state index in [2.05, 4.69) is 15.1 Å². The van der Waals surface area contributed by atoms with Crippen LogP contribution in [0, 0.1) is 23.0 Å². The molecule has 1 aliphatic rings. The number of allylic oxidation sites excluding steroid dienone is 1. The topological polar surface area (TPSA) is 69.6 Å². The fourth-order valence-corrected chi connectivity index (χ4v) is 2.45. The third kappa shape index (κ3) is 2.76. The van der Waals surface area contributed by atoms with Gasteiger partial charge in [-0.25, -0.2) is 18.8 Å². The number of hydrazone groups is 1. The average Bonchev–Trinajstić information content (AvgIpc) is 2.90. The van der Waals surface area contributed by atoms with E-state index in [1.54, 1.807) is 24.7 Å². The number of hydrogen-bond donors (Lipinski definition) is 0. The summed E-state index contributed by atoms with van der Waals surface area (Å²) in [7, 11) is 3.27. The van der Waals surface area contributed by atoms with Gasteiger partial charge in [0.15, 0.2) is 17.3 Å². The number of halogens is 2. The highest BCUT2D eigenvalue weighted by Gasteiger charge is 2.16. The van der Waals surface area contributed by atoms with Crippen molar-refractivity contribution in [2.45, 2.75) is 6.42 Å². The maximum atomic E-state index is 13.4. The molecule has 2 heterocycles. The van der Waals surface area contributed by atoms with Crippen LogP contribution in [0.1, 0.15) is 6.42 Å². The van der Waals surface area contributed by atoms with Crippen molar-refractivity contribution < 1.29 is 8.78 Å². The molecule has 0 unspecified atom stereocenters. The van der Waals surface area contributed by atoms with Crippen molar-refractivity contribution in [3.8, 4) is 6.07 Å². The monoisotopic (exact) mass is 328 g/mol. The van der Waals surface area contributed by atoms with Crippen molar-refractivity contribution in [3.05, 3.63) is 35.9 Å². The van der Waals surface area contributed by atoms with E-state index in [-0.39, 0.29) is 5.71 Å². The van der Waals surface area contributed by atoms with E-state index in [4.69, 9.17) is 0 Å². The first kappa shape index (κ1) is 15.8. The summed E-state index contributed by atoms with van der Waals surface area (Å²) in [5, 5.41) is 14.9. The normalized spacial score (nSPS) is 14.6. The molecule has 0 amide bonds. The molecule has 6 nitrogen and oxygen atoms in total. The maximum Gasteiger partial charge on any atom is 0.226 e. The zero-order valence-corrected chi connectivity index (χ0v) is 13.2. The van der Waals surface area contributed by atoms with Crippen LogP contribution in [0.15, 0.2) is 34.4 Å². The molecule has 8 heteroatoms. The molecule has 122 valence electrons. The third-order valence-electron chi connectivity index (χ3n) is 3.64. The number of dihydropyridines is 1. The van der Waals surface area contributed by atoms with Gasteiger partial charge >= 0.3 is 0 Å². The van der Waals surface area contributed by atoms with Gasteiger partial charge in [-0.15, -0.1) is 0 Å². The van der Waals surface area contributed by atoms with E-state index >= 15 is 0 Å². The standard InChI is InChI=1S/C16H14F2N6/c1-23-15-8-11(18)10(17)7-13(15)21-16(23)24(2)22-14(9-19)12-5-3-4-6-20-12/h3,5,7-8H,4,6H2,1-2H3/b22-14+. The number of benzene rings is 1. The molecule has 2 aromatic rings. The smallest absolute Gasteiger partial charge is 0.226 e. The summed E-state index contributed by atoms with van der Waals surface area (Å²) in [5.41, 5.74) is 1.39. The van der Waals surface area contributed by atoms with E-state index in [1.165, 1.54) is 5.01 Å². The second-order valence-electron chi connectivity index (χ2n) is 5.27. The SMILES string of the molecule is CN(/N=C(\C#N)C1=NCCC=C1)c1nc2cc(F)c(F)cc2n1C. The number of rotatable bonds is 3. The highest BCUT2D eigenvalue weighted by Crippen LogP contribution is 2.23. The number of anilines is 1. The molecule has 0 aliphatic carbocycles. The van der Waals surface area contributed by atoms with Crippen molar-refractivity contribution in [1.82, 2.24) is 9.55 Å². The van der Waals surface area contributed by atoms with Gasteiger partial charge in [0, 0.05) is 32.8 Å². The summed E-state index contributed by atoms with van der Waals surface area (Å²) in [5.74, 6) is -1.55. The second kappa shape index (κ2) is 6.20. The molecule has 1 aliphatic heterocycles. The van der Waals surface area contributed by atoms with Gasteiger partial charge in [0.25, 0.3) is 0 Å². The molecule has 1 aromatic heterocycles. The van der Waals surface area contributed by atoms with Crippen LogP contribution in [0.5, 0.6) is 0 Å². The van der Waals surface area contributed by atoms with Crippen LogP contribution >= 0.6 is 0 Å². The van der Waals surface area contributed by atoms with E-state index in [1.807, 2.05) is 12.1 Å². The van der Waals surface area contributed by atoms with Gasteiger partial charge in [0.1, 0.15) is 6.07 Å². The van der Waals surface area contributed by atoms with Crippen molar-refractivity contribution in [2.75, 3.05) is 18.6 Å². The summed E-state index contributed by atoms with van der Waals surface area (Å²) in [6.07, 6.45) is 4.51. The molecule has 0 bridgehead atoms. The Kier molecular flexibility index (Phi) is 4.08. The summed E-state index contributed by atoms with van der Waals surface area (Å²) in [6.45, 7) is 0.612. The summed E-state index contributed by atoms with van der Waals surface area (Å²) in [6, 6.07) is 4.13. The van der Waals surface area contributed by atoms with Crippen LogP contribution in [-0.4, -0.2) is 34.6 Å². The van der Waals surface area contributed by atoms with Crippen LogP contribution in [0.3, 0.4) is 0 Å². The van der Waals surface area contributed by atoms with Crippen molar-refractivity contribution >= 4 is 28.4 Å². The minimum Gasteiger partial charge on any atom is -0.312 e. The van der Waals surface area contributed by atoms with Gasteiger partial charge in [-0.05, 0) is 12.5 Å². The predicted octanol–water partition coefficient (Wildman–Crippen LogP) is 2.57. The lowest BCUT2D eigenvalue weighted by Gasteiger charge is -2.13. The van der Waals surface area contributed by atoms with Crippen LogP contribution < -0.4 is 5.01 Å². The highest BCUT2D eigenvalue weighted by atomic mass is 19.2. The molecular weight excluding hydrogens is 314 g/mol. The Balaban J connectivity index is 2.02. The van der Waals surface area contributed by atoms with Gasteiger partial charge in [0.2, 0.25) is 5.95 Å². The lowest BCUT2D eigenvalue weighted by Crippen LogP contribution is -2.21. The van der Waals surface area contributed by atoms with Crippen molar-refractivity contribution in [3.63, 3.8) is 0 Å². The van der Waals surface area contributed by atoms with Gasteiger partial charge in [-0.1, -0.05) is 6.08 Å². The van der Waals surface area contributed by atoms with Crippen molar-refractivity contribution in [1.29, 1.82) is 5.26 Å². The van der Waals surface area contributed by atoms with E-state index < -0.39 is 11.6 Å². The van der Waals surface area contributed by atoms with Gasteiger partial charge in [0.05, 0.1) is 16.7 Å². The van der Waals surface area contributed by atoms with Gasteiger partial charge < -0.3 is 4.57 Å². The summed E-state index contributed by atoms with van der Waals surface area (Å²) in [4.78, 5) is 8.51. The Labute approximate surface area is 137 Å². The fourth-order valence-electron chi connectivity index (χ4n) is 2.45. The number of aliphatic imine (C=N–C) groups is 1. The molecule has 3 rings (SSSR count). The minimum atomic E-state index is -0.960. The van der Waals surface area contributed by atoms with Crippen molar-refractivity contribution in [2.24, 2.45) is 17.1 Å². The van der Waals surface area contributed by atoms with Gasteiger partial charge in [-0.3, -0.25) is 4.99 Å². The molecule has 24 heavy (non-hydrogen) atoms. The van der Waals surface area contributed by atoms with E-state index in [0.717, 1.165) is 18.6 Å². The van der Waals surface area contributed by atoms with E-state index in [9.17, 15) is 14.0 Å². The molecule has 0 radical (unpaired) electrons. The first-order valence-electron chi connectivity index (χ1n) is 7.26. The lowest BCUT2D eigenvalue weighted by atomic mass is 10.2. The van der Waals surface area contributed by atoms with Crippen LogP contribution in [0.2, 0.25) is 0 Å². The first-order chi connectivity index (χ1) is 11.5. The van der Waals surface area contributed by atoms with Crippen LogP contribution in [0.4, 0.5) is 14.7 Å². The molecule has 0 saturated carbocycles. The molecule has 0 saturated heterocycles. The molecule has 0 spiro atoms. The number of aryl methyl sites for hydroxylation is 1. The number of imidazole rings is 1. The number of nitrogens with zero attached hydrogens (tertiary/aromatic N) is 6. The number of nitriles is 1. The fraction of sp³-hybridized carbons (Fsp3) is 0.250. The Hall–Kier alpha value is -3.08. The van der Waals surface area contributed by atoms with Crippen LogP contribution in [0.25, 0.3) is 11.0 Å². The Morgan fingerprint density at radius 2 is 2.12 bits per heavy atom. The maximum absolute atomic E-state index is 13.4. The minimum absolute atomic E-state index is 0.151. The van der Waals surface area contributed by atoms with E-state index in [0.29, 0.717) is 29.2 Å². The zero-order valence-electron chi connectivity index (χ0n) is 13.2. The first-order valence-corrected chi connectivity index (χ1v) is 7.26. The number of aromatic nitrogens is 2. The second-order valence-corrected chi connectivity index (χ2v) is 5.27. The number of fused-ring (bicyclic) bond motifs is 1. The third-order valence-corrected chi connectivity index (χ3v) is 3.64. The van der Waals surface area contributed by atoms with Gasteiger partial charge in [-0.2, -0.15) is 10.4 Å². The summed E-state index contributed by atoms with van der Waals surface area (Å²) < 4.78 is 28.4. The number of hydrogen-bond acceptors (Lipinski definition) is 5. The molecule has 0 N–H and O–H groups in total. The largest absolute Gasteiger partial charge is 0.312 e. The Bertz CT molecular complexity index is 932. The molecular formula is C16H14F2N6. The molecule has 0 atom stereocenters. The average molecular weight is 328 g/mol. The summed E-state index contributed by atoms with van der Waals surface area (Å²) >= 11 is 0. The lowest BCUT2D eigenvalue weighted by molar-refractivity contribution is 0.510.